The molecule has 0 aliphatic carbocycles. The number of hydrogen-bond donors (Lipinski definition) is 1. The zero-order valence-corrected chi connectivity index (χ0v) is 15.6. The fourth-order valence-corrected chi connectivity index (χ4v) is 3.89. The number of nitrogens with one attached hydrogen (secondary N) is 1. The normalized spacial score (nSPS) is 15.9. The molecule has 1 fully saturated rings. The summed E-state index contributed by atoms with van der Waals surface area (Å²) in [5, 5.41) is 1.11. The number of benzene rings is 1. The molecule has 1 aromatic carbocycles. The molecule has 1 saturated heterocycles. The molecule has 0 amide bonds. The number of rotatable bonds is 5. The second-order valence-electron chi connectivity index (χ2n) is 7.32. The number of nitrogens with zero attached hydrogens (tertiary/aromatic N) is 2. The Labute approximate surface area is 159 Å². The van der Waals surface area contributed by atoms with Crippen molar-refractivity contribution in [1.29, 1.82) is 0 Å². The van der Waals surface area contributed by atoms with Crippen molar-refractivity contribution in [1.82, 2.24) is 14.9 Å². The third-order valence-corrected chi connectivity index (χ3v) is 5.43. The van der Waals surface area contributed by atoms with E-state index >= 15 is 0 Å². The lowest BCUT2D eigenvalue weighted by Gasteiger charge is -2.31. The molecule has 3 aromatic rings. The van der Waals surface area contributed by atoms with Crippen LogP contribution in [0.3, 0.4) is 0 Å². The number of H-pyrrole nitrogens is 1. The zero-order valence-electron chi connectivity index (χ0n) is 15.6. The van der Waals surface area contributed by atoms with Crippen LogP contribution in [-0.2, 0) is 13.0 Å². The maximum absolute atomic E-state index is 11.2. The van der Waals surface area contributed by atoms with Crippen LogP contribution in [0.1, 0.15) is 24.1 Å². The molecular weight excluding hydrogens is 338 g/mol. The molecule has 1 aliphatic heterocycles. The second kappa shape index (κ2) is 7.92. The minimum atomic E-state index is -0.0342. The predicted molar refractivity (Wildman–Crippen MR) is 107 cm³/mol. The van der Waals surface area contributed by atoms with Crippen LogP contribution in [0.4, 0.5) is 0 Å². The van der Waals surface area contributed by atoms with Crippen molar-refractivity contribution in [3.05, 3.63) is 70.3 Å². The summed E-state index contributed by atoms with van der Waals surface area (Å²) in [4.78, 5) is 21.3. The van der Waals surface area contributed by atoms with Gasteiger partial charge in [-0.1, -0.05) is 24.3 Å². The summed E-state index contributed by atoms with van der Waals surface area (Å²) in [6.45, 7) is 3.04. The largest absolute Gasteiger partial charge is 0.494 e. The molecule has 0 atom stereocenters. The first-order valence-electron chi connectivity index (χ1n) is 9.54. The molecule has 27 heavy (non-hydrogen) atoms. The number of pyridine rings is 2. The van der Waals surface area contributed by atoms with E-state index in [2.05, 4.69) is 28.1 Å². The van der Waals surface area contributed by atoms with Gasteiger partial charge in [0.1, 0.15) is 11.3 Å². The Morgan fingerprint density at radius 1 is 1.15 bits per heavy atom. The van der Waals surface area contributed by atoms with Crippen LogP contribution < -0.4 is 10.3 Å². The van der Waals surface area contributed by atoms with Gasteiger partial charge in [-0.3, -0.25) is 9.69 Å². The van der Waals surface area contributed by atoms with Crippen LogP contribution in [0, 0.1) is 5.92 Å². The number of fused-ring (bicyclic) bond motifs is 1. The monoisotopic (exact) mass is 363 g/mol. The number of ether oxygens (including phenoxy) is 1. The van der Waals surface area contributed by atoms with E-state index in [1.54, 1.807) is 13.2 Å². The Morgan fingerprint density at radius 2 is 2.00 bits per heavy atom. The van der Waals surface area contributed by atoms with E-state index < -0.39 is 0 Å². The summed E-state index contributed by atoms with van der Waals surface area (Å²) < 4.78 is 5.45. The summed E-state index contributed by atoms with van der Waals surface area (Å²) in [5.41, 5.74) is 3.21. The van der Waals surface area contributed by atoms with Gasteiger partial charge in [-0.05, 0) is 56.0 Å². The highest BCUT2D eigenvalue weighted by Crippen LogP contribution is 2.25. The first-order chi connectivity index (χ1) is 13.2. The van der Waals surface area contributed by atoms with E-state index in [0.717, 1.165) is 48.4 Å². The number of piperidine rings is 1. The first-order valence-corrected chi connectivity index (χ1v) is 9.54. The van der Waals surface area contributed by atoms with Gasteiger partial charge in [0.05, 0.1) is 12.8 Å². The molecule has 2 aromatic heterocycles. The number of likely N-dealkylation sites (tertiary alicyclic amines) is 1. The van der Waals surface area contributed by atoms with E-state index in [9.17, 15) is 4.79 Å². The zero-order chi connectivity index (χ0) is 18.6. The van der Waals surface area contributed by atoms with Gasteiger partial charge in [-0.15, -0.1) is 0 Å². The fourth-order valence-electron chi connectivity index (χ4n) is 3.89. The van der Waals surface area contributed by atoms with Crippen LogP contribution >= 0.6 is 0 Å². The predicted octanol–water partition coefficient (Wildman–Crippen LogP) is 3.39. The van der Waals surface area contributed by atoms with Gasteiger partial charge >= 0.3 is 0 Å². The highest BCUT2D eigenvalue weighted by atomic mass is 16.5. The summed E-state index contributed by atoms with van der Waals surface area (Å²) in [6, 6.07) is 13.8. The second-order valence-corrected chi connectivity index (χ2v) is 7.32. The van der Waals surface area contributed by atoms with Crippen molar-refractivity contribution >= 4 is 10.9 Å². The summed E-state index contributed by atoms with van der Waals surface area (Å²) >= 11 is 0. The standard InChI is InChI=1S/C22H25N3O2/c1-27-20-4-2-3-18-6-7-19(24-22(18)20)15-25-11-9-16(10-12-25)13-17-5-8-21(26)23-14-17/h2-8,14,16H,9-13,15H2,1H3,(H,23,26). The van der Waals surface area contributed by atoms with Gasteiger partial charge in [0.2, 0.25) is 5.56 Å². The van der Waals surface area contributed by atoms with E-state index in [1.807, 2.05) is 24.4 Å². The number of para-hydroxylation sites is 1. The van der Waals surface area contributed by atoms with Gasteiger partial charge in [-0.2, -0.15) is 0 Å². The van der Waals surface area contributed by atoms with Crippen molar-refractivity contribution < 1.29 is 4.74 Å². The average molecular weight is 363 g/mol. The summed E-state index contributed by atoms with van der Waals surface area (Å²) in [5.74, 6) is 1.51. The molecular formula is C22H25N3O2. The molecule has 1 aliphatic rings. The maximum Gasteiger partial charge on any atom is 0.247 e. The number of aromatic nitrogens is 2. The Bertz CT molecular complexity index is 954. The third-order valence-electron chi connectivity index (χ3n) is 5.43. The van der Waals surface area contributed by atoms with Gasteiger partial charge in [0, 0.05) is 24.2 Å². The lowest BCUT2D eigenvalue weighted by molar-refractivity contribution is 0.175. The van der Waals surface area contributed by atoms with Crippen LogP contribution in [0.5, 0.6) is 5.75 Å². The lowest BCUT2D eigenvalue weighted by Crippen LogP contribution is -2.34. The molecule has 0 saturated carbocycles. The molecule has 3 heterocycles. The van der Waals surface area contributed by atoms with Crippen LogP contribution in [0.25, 0.3) is 10.9 Å². The van der Waals surface area contributed by atoms with Gasteiger partial charge in [0.25, 0.3) is 0 Å². The Kier molecular flexibility index (Phi) is 5.21. The number of hydrogen-bond acceptors (Lipinski definition) is 4. The molecule has 140 valence electrons. The lowest BCUT2D eigenvalue weighted by atomic mass is 9.90. The molecule has 0 bridgehead atoms. The van der Waals surface area contributed by atoms with E-state index in [4.69, 9.17) is 9.72 Å². The van der Waals surface area contributed by atoms with Gasteiger partial charge in [-0.25, -0.2) is 4.98 Å². The van der Waals surface area contributed by atoms with Crippen molar-refractivity contribution in [3.8, 4) is 5.75 Å². The number of methoxy groups -OCH3 is 1. The minimum Gasteiger partial charge on any atom is -0.494 e. The van der Waals surface area contributed by atoms with Crippen molar-refractivity contribution in [3.63, 3.8) is 0 Å². The highest BCUT2D eigenvalue weighted by molar-refractivity contribution is 5.84. The third kappa shape index (κ3) is 4.19. The van der Waals surface area contributed by atoms with Crippen molar-refractivity contribution in [2.45, 2.75) is 25.8 Å². The molecule has 0 spiro atoms. The van der Waals surface area contributed by atoms with Gasteiger partial charge < -0.3 is 9.72 Å². The summed E-state index contributed by atoms with van der Waals surface area (Å²) in [6.07, 6.45) is 5.24. The molecule has 0 unspecified atom stereocenters. The molecule has 4 rings (SSSR count). The Hall–Kier alpha value is -2.66. The smallest absolute Gasteiger partial charge is 0.247 e. The Morgan fingerprint density at radius 3 is 2.74 bits per heavy atom. The Balaban J connectivity index is 1.37. The number of aromatic amines is 1. The molecule has 1 N–H and O–H groups in total. The van der Waals surface area contributed by atoms with Crippen LogP contribution in [-0.4, -0.2) is 35.1 Å². The van der Waals surface area contributed by atoms with Crippen molar-refractivity contribution in [2.75, 3.05) is 20.2 Å². The quantitative estimate of drug-likeness (QED) is 0.755. The van der Waals surface area contributed by atoms with Crippen molar-refractivity contribution in [2.24, 2.45) is 5.92 Å². The molecule has 0 radical (unpaired) electrons. The van der Waals surface area contributed by atoms with E-state index in [-0.39, 0.29) is 5.56 Å². The SMILES string of the molecule is COc1cccc2ccc(CN3CCC(Cc4ccc(=O)[nH]c4)CC3)nc12. The van der Waals surface area contributed by atoms with Crippen LogP contribution in [0.2, 0.25) is 0 Å². The van der Waals surface area contributed by atoms with Crippen LogP contribution in [0.15, 0.2) is 53.5 Å². The first kappa shape index (κ1) is 17.7. The molecule has 5 nitrogen and oxygen atoms in total. The van der Waals surface area contributed by atoms with Gasteiger partial charge in [0.15, 0.2) is 0 Å². The fraction of sp³-hybridized carbons (Fsp3) is 0.364. The summed E-state index contributed by atoms with van der Waals surface area (Å²) in [7, 11) is 1.69. The molecule has 5 heteroatoms. The average Bonchev–Trinajstić information content (AvgIpc) is 2.71. The van der Waals surface area contributed by atoms with E-state index in [0.29, 0.717) is 5.92 Å². The van der Waals surface area contributed by atoms with E-state index in [1.165, 1.54) is 18.4 Å². The topological polar surface area (TPSA) is 58.2 Å². The minimum absolute atomic E-state index is 0.0342. The maximum atomic E-state index is 11.2. The highest BCUT2D eigenvalue weighted by Gasteiger charge is 2.20.